The van der Waals surface area contributed by atoms with Gasteiger partial charge in [0.1, 0.15) is 6.33 Å². The van der Waals surface area contributed by atoms with Crippen molar-refractivity contribution in [1.82, 2.24) is 29.0 Å². The monoisotopic (exact) mass is 266 g/mol. The molecule has 0 aromatic carbocycles. The van der Waals surface area contributed by atoms with Crippen LogP contribution >= 0.6 is 12.2 Å². The highest BCUT2D eigenvalue weighted by Crippen LogP contribution is 2.03. The third-order valence-electron chi connectivity index (χ3n) is 2.72. The van der Waals surface area contributed by atoms with Gasteiger partial charge in [-0.3, -0.25) is 9.58 Å². The largest absolute Gasteiger partial charge is 0.307 e. The lowest BCUT2D eigenvalue weighted by molar-refractivity contribution is 0.243. The summed E-state index contributed by atoms with van der Waals surface area (Å²) in [7, 11) is 3.96. The Hall–Kier alpha value is -1.47. The minimum Gasteiger partial charge on any atom is -0.307 e. The molecule has 0 fully saturated rings. The first-order valence-corrected chi connectivity index (χ1v) is 6.29. The van der Waals surface area contributed by atoms with E-state index in [1.54, 1.807) is 11.0 Å². The van der Waals surface area contributed by atoms with Crippen LogP contribution in [0.2, 0.25) is 0 Å². The summed E-state index contributed by atoms with van der Waals surface area (Å²) < 4.78 is 6.35. The molecule has 0 atom stereocenters. The van der Waals surface area contributed by atoms with Crippen LogP contribution < -0.4 is 0 Å². The molecule has 0 saturated heterocycles. The molecule has 0 aliphatic carbocycles. The Morgan fingerprint density at radius 1 is 1.39 bits per heavy atom. The van der Waals surface area contributed by atoms with Gasteiger partial charge in [-0.25, -0.2) is 4.68 Å². The van der Waals surface area contributed by atoms with Crippen LogP contribution in [0, 0.1) is 4.77 Å². The van der Waals surface area contributed by atoms with Crippen LogP contribution in [0.3, 0.4) is 0 Å². The average Bonchev–Trinajstić information content (AvgIpc) is 2.87. The molecule has 2 rings (SSSR count). The van der Waals surface area contributed by atoms with Gasteiger partial charge >= 0.3 is 0 Å². The SMILES string of the molecule is CCn1cnn(CN(C)Cc2cnn(C)c2)c1=S. The molecule has 0 spiro atoms. The van der Waals surface area contributed by atoms with Crippen molar-refractivity contribution < 1.29 is 0 Å². The molecule has 0 bridgehead atoms. The number of aromatic nitrogens is 5. The molecule has 0 N–H and O–H groups in total. The summed E-state index contributed by atoms with van der Waals surface area (Å²) in [6, 6.07) is 0. The van der Waals surface area contributed by atoms with Crippen LogP contribution in [0.1, 0.15) is 12.5 Å². The molecule has 0 unspecified atom stereocenters. The summed E-state index contributed by atoms with van der Waals surface area (Å²) >= 11 is 5.33. The molecule has 6 nitrogen and oxygen atoms in total. The maximum absolute atomic E-state index is 5.33. The molecule has 2 aromatic heterocycles. The van der Waals surface area contributed by atoms with Gasteiger partial charge in [0, 0.05) is 31.9 Å². The number of aryl methyl sites for hydroxylation is 2. The van der Waals surface area contributed by atoms with Crippen LogP contribution in [0.15, 0.2) is 18.7 Å². The maximum atomic E-state index is 5.33. The second-order valence-corrected chi connectivity index (χ2v) is 4.74. The van der Waals surface area contributed by atoms with Crippen LogP contribution in [0.5, 0.6) is 0 Å². The molecule has 0 aliphatic rings. The Morgan fingerprint density at radius 3 is 2.72 bits per heavy atom. The lowest BCUT2D eigenvalue weighted by atomic mass is 10.3. The van der Waals surface area contributed by atoms with E-state index in [0.717, 1.165) is 17.9 Å². The number of rotatable bonds is 5. The fourth-order valence-electron chi connectivity index (χ4n) is 1.83. The van der Waals surface area contributed by atoms with E-state index >= 15 is 0 Å². The molecular weight excluding hydrogens is 248 g/mol. The standard InChI is InChI=1S/C11H18N6S/c1-4-16-8-13-17(11(16)18)9-14(2)6-10-5-12-15(3)7-10/h5,7-8H,4,6,9H2,1-3H3. The van der Waals surface area contributed by atoms with Gasteiger partial charge in [-0.15, -0.1) is 0 Å². The number of hydrogen-bond donors (Lipinski definition) is 0. The molecule has 2 heterocycles. The van der Waals surface area contributed by atoms with Gasteiger partial charge in [-0.1, -0.05) is 0 Å². The summed E-state index contributed by atoms with van der Waals surface area (Å²) in [4.78, 5) is 2.15. The maximum Gasteiger partial charge on any atom is 0.198 e. The highest BCUT2D eigenvalue weighted by Gasteiger charge is 2.05. The zero-order valence-electron chi connectivity index (χ0n) is 10.9. The molecular formula is C11H18N6S. The first-order chi connectivity index (χ1) is 8.60. The Labute approximate surface area is 111 Å². The van der Waals surface area contributed by atoms with E-state index in [0.29, 0.717) is 6.67 Å². The van der Waals surface area contributed by atoms with Gasteiger partial charge in [0.25, 0.3) is 0 Å². The fraction of sp³-hybridized carbons (Fsp3) is 0.545. The first-order valence-electron chi connectivity index (χ1n) is 5.88. The minimum atomic E-state index is 0.681. The quantitative estimate of drug-likeness (QED) is 0.764. The lowest BCUT2D eigenvalue weighted by Crippen LogP contribution is -2.22. The topological polar surface area (TPSA) is 43.8 Å². The summed E-state index contributed by atoms with van der Waals surface area (Å²) in [6.45, 7) is 4.42. The van der Waals surface area contributed by atoms with Crippen molar-refractivity contribution in [1.29, 1.82) is 0 Å². The van der Waals surface area contributed by atoms with Crippen molar-refractivity contribution in [2.75, 3.05) is 7.05 Å². The van der Waals surface area contributed by atoms with Gasteiger partial charge < -0.3 is 4.57 Å². The smallest absolute Gasteiger partial charge is 0.198 e. The minimum absolute atomic E-state index is 0.681. The summed E-state index contributed by atoms with van der Waals surface area (Å²) in [6.07, 6.45) is 5.67. The zero-order chi connectivity index (χ0) is 13.1. The van der Waals surface area contributed by atoms with E-state index < -0.39 is 0 Å². The molecule has 7 heteroatoms. The zero-order valence-corrected chi connectivity index (χ0v) is 11.8. The van der Waals surface area contributed by atoms with Crippen LogP contribution in [0.4, 0.5) is 0 Å². The van der Waals surface area contributed by atoms with E-state index in [4.69, 9.17) is 12.2 Å². The molecule has 0 saturated carbocycles. The second kappa shape index (κ2) is 5.45. The van der Waals surface area contributed by atoms with E-state index in [-0.39, 0.29) is 0 Å². The number of hydrogen-bond acceptors (Lipinski definition) is 4. The first kappa shape index (κ1) is 13.0. The molecule has 98 valence electrons. The molecule has 18 heavy (non-hydrogen) atoms. The Bertz CT molecular complexity index is 566. The normalized spacial score (nSPS) is 11.3. The van der Waals surface area contributed by atoms with Crippen LogP contribution in [-0.4, -0.2) is 36.1 Å². The predicted molar refractivity (Wildman–Crippen MR) is 71.4 cm³/mol. The van der Waals surface area contributed by atoms with Crippen molar-refractivity contribution >= 4 is 12.2 Å². The fourth-order valence-corrected chi connectivity index (χ4v) is 2.11. The van der Waals surface area contributed by atoms with Crippen molar-refractivity contribution in [3.8, 4) is 0 Å². The third kappa shape index (κ3) is 2.85. The van der Waals surface area contributed by atoms with E-state index in [1.165, 1.54) is 5.56 Å². The van der Waals surface area contributed by atoms with Crippen LogP contribution in [0.25, 0.3) is 0 Å². The van der Waals surface area contributed by atoms with Gasteiger partial charge in [0.2, 0.25) is 0 Å². The van der Waals surface area contributed by atoms with Crippen molar-refractivity contribution in [3.05, 3.63) is 29.1 Å². The summed E-state index contributed by atoms with van der Waals surface area (Å²) in [5.41, 5.74) is 1.18. The van der Waals surface area contributed by atoms with Crippen molar-refractivity contribution in [2.24, 2.45) is 7.05 Å². The summed E-state index contributed by atoms with van der Waals surface area (Å²) in [5.74, 6) is 0. The Morgan fingerprint density at radius 2 is 2.17 bits per heavy atom. The Kier molecular flexibility index (Phi) is 3.93. The number of nitrogens with zero attached hydrogens (tertiary/aromatic N) is 6. The predicted octanol–water partition coefficient (Wildman–Crippen LogP) is 1.26. The average molecular weight is 266 g/mol. The van der Waals surface area contributed by atoms with Crippen molar-refractivity contribution in [3.63, 3.8) is 0 Å². The van der Waals surface area contributed by atoms with Gasteiger partial charge in [-0.2, -0.15) is 10.2 Å². The molecule has 0 radical (unpaired) electrons. The van der Waals surface area contributed by atoms with E-state index in [1.807, 2.05) is 35.7 Å². The Balaban J connectivity index is 2.00. The lowest BCUT2D eigenvalue weighted by Gasteiger charge is -2.15. The van der Waals surface area contributed by atoms with Crippen LogP contribution in [-0.2, 0) is 26.8 Å². The highest BCUT2D eigenvalue weighted by atomic mass is 32.1. The molecule has 0 amide bonds. The third-order valence-corrected chi connectivity index (χ3v) is 3.17. The van der Waals surface area contributed by atoms with Gasteiger partial charge in [0.15, 0.2) is 4.77 Å². The van der Waals surface area contributed by atoms with Gasteiger partial charge in [0.05, 0.1) is 12.9 Å². The highest BCUT2D eigenvalue weighted by molar-refractivity contribution is 7.71. The van der Waals surface area contributed by atoms with E-state index in [9.17, 15) is 0 Å². The molecule has 2 aromatic rings. The molecule has 0 aliphatic heterocycles. The second-order valence-electron chi connectivity index (χ2n) is 4.38. The van der Waals surface area contributed by atoms with Crippen molar-refractivity contribution in [2.45, 2.75) is 26.7 Å². The van der Waals surface area contributed by atoms with E-state index in [2.05, 4.69) is 22.0 Å². The van der Waals surface area contributed by atoms with Gasteiger partial charge in [-0.05, 0) is 26.2 Å². The summed E-state index contributed by atoms with van der Waals surface area (Å²) in [5, 5.41) is 8.44.